The Hall–Kier alpha value is -2.90. The summed E-state index contributed by atoms with van der Waals surface area (Å²) in [5.74, 6) is -0.752. The molecule has 2 heterocycles. The predicted octanol–water partition coefficient (Wildman–Crippen LogP) is 2.13. The molecule has 1 N–H and O–H groups in total. The van der Waals surface area contributed by atoms with Gasteiger partial charge in [0.1, 0.15) is 0 Å². The van der Waals surface area contributed by atoms with Gasteiger partial charge in [0, 0.05) is 39.8 Å². The van der Waals surface area contributed by atoms with Crippen LogP contribution in [0.25, 0.3) is 0 Å². The molecule has 0 radical (unpaired) electrons. The summed E-state index contributed by atoms with van der Waals surface area (Å²) in [5.41, 5.74) is 0.326. The number of amides is 1. The summed E-state index contributed by atoms with van der Waals surface area (Å²) in [7, 11) is 1.67. The minimum atomic E-state index is -0.839. The maximum Gasteiger partial charge on any atom is 0.289 e. The summed E-state index contributed by atoms with van der Waals surface area (Å²) in [5, 5.41) is 3.17. The molecule has 0 unspecified atom stereocenters. The lowest BCUT2D eigenvalue weighted by Crippen LogP contribution is -2.54. The Morgan fingerprint density at radius 3 is 2.56 bits per heavy atom. The van der Waals surface area contributed by atoms with Crippen molar-refractivity contribution >= 4 is 11.9 Å². The highest BCUT2D eigenvalue weighted by Gasteiger charge is 2.25. The molecule has 1 saturated heterocycles. The molecule has 3 rings (SSSR count). The van der Waals surface area contributed by atoms with Gasteiger partial charge in [-0.3, -0.25) is 9.79 Å². The molecule has 0 aliphatic carbocycles. The van der Waals surface area contributed by atoms with E-state index in [4.69, 9.17) is 4.42 Å². The topological polar surface area (TPSA) is 61.1 Å². The third-order valence-electron chi connectivity index (χ3n) is 4.52. The van der Waals surface area contributed by atoms with Gasteiger partial charge in [0.05, 0.1) is 6.26 Å². The van der Waals surface area contributed by atoms with Crippen LogP contribution >= 0.6 is 0 Å². The van der Waals surface area contributed by atoms with Crippen LogP contribution in [0.3, 0.4) is 0 Å². The lowest BCUT2D eigenvalue weighted by molar-refractivity contribution is 0.0658. The second kappa shape index (κ2) is 8.66. The summed E-state index contributed by atoms with van der Waals surface area (Å²) in [6.45, 7) is 2.79. The van der Waals surface area contributed by atoms with Crippen LogP contribution in [0.4, 0.5) is 8.78 Å². The molecule has 2 aromatic rings. The van der Waals surface area contributed by atoms with Crippen LogP contribution in [0.5, 0.6) is 0 Å². The summed E-state index contributed by atoms with van der Waals surface area (Å²) in [6.07, 6.45) is 1.83. The van der Waals surface area contributed by atoms with Crippen LogP contribution in [0, 0.1) is 11.6 Å². The van der Waals surface area contributed by atoms with Crippen LogP contribution in [0.2, 0.25) is 0 Å². The third-order valence-corrected chi connectivity index (χ3v) is 4.52. The van der Waals surface area contributed by atoms with Crippen molar-refractivity contribution in [1.29, 1.82) is 0 Å². The van der Waals surface area contributed by atoms with E-state index in [2.05, 4.69) is 10.3 Å². The zero-order valence-corrected chi connectivity index (χ0v) is 15.1. The summed E-state index contributed by atoms with van der Waals surface area (Å²) < 4.78 is 32.1. The fourth-order valence-electron chi connectivity index (χ4n) is 3.06. The van der Waals surface area contributed by atoms with Crippen molar-refractivity contribution in [1.82, 2.24) is 15.1 Å². The van der Waals surface area contributed by atoms with E-state index >= 15 is 0 Å². The first-order valence-corrected chi connectivity index (χ1v) is 8.81. The van der Waals surface area contributed by atoms with Crippen molar-refractivity contribution in [2.45, 2.75) is 6.42 Å². The van der Waals surface area contributed by atoms with Crippen molar-refractivity contribution in [3.63, 3.8) is 0 Å². The van der Waals surface area contributed by atoms with E-state index < -0.39 is 11.6 Å². The summed E-state index contributed by atoms with van der Waals surface area (Å²) in [4.78, 5) is 20.3. The molecule has 1 aliphatic rings. The monoisotopic (exact) mass is 376 g/mol. The first kappa shape index (κ1) is 18.9. The number of rotatable bonds is 4. The smallest absolute Gasteiger partial charge is 0.289 e. The van der Waals surface area contributed by atoms with Gasteiger partial charge >= 0.3 is 0 Å². The second-order valence-corrected chi connectivity index (χ2v) is 6.19. The molecule has 1 aromatic heterocycles. The number of halogens is 2. The molecule has 1 amide bonds. The Balaban J connectivity index is 1.49. The van der Waals surface area contributed by atoms with Crippen molar-refractivity contribution in [3.8, 4) is 0 Å². The van der Waals surface area contributed by atoms with Crippen LogP contribution in [-0.2, 0) is 6.42 Å². The number of carbonyl (C=O) groups is 1. The van der Waals surface area contributed by atoms with E-state index in [-0.39, 0.29) is 5.91 Å². The van der Waals surface area contributed by atoms with Gasteiger partial charge in [-0.25, -0.2) is 8.78 Å². The van der Waals surface area contributed by atoms with Gasteiger partial charge in [-0.15, -0.1) is 0 Å². The minimum absolute atomic E-state index is 0.121. The van der Waals surface area contributed by atoms with Crippen LogP contribution in [-0.4, -0.2) is 61.4 Å². The van der Waals surface area contributed by atoms with Gasteiger partial charge in [0.25, 0.3) is 5.91 Å². The van der Waals surface area contributed by atoms with Gasteiger partial charge in [-0.05, 0) is 30.2 Å². The molecule has 1 aliphatic heterocycles. The number of guanidine groups is 1. The average Bonchev–Trinajstić information content (AvgIpc) is 3.23. The van der Waals surface area contributed by atoms with Crippen molar-refractivity contribution in [3.05, 3.63) is 59.6 Å². The number of hydrogen-bond acceptors (Lipinski definition) is 3. The van der Waals surface area contributed by atoms with Gasteiger partial charge in [0.2, 0.25) is 0 Å². The zero-order valence-electron chi connectivity index (χ0n) is 15.1. The van der Waals surface area contributed by atoms with Gasteiger partial charge in [-0.2, -0.15) is 0 Å². The standard InChI is InChI=1S/C19H22F2N4O2/c1-22-19(23-8-7-14-4-2-5-15(20)17(14)21)25-11-9-24(10-12-25)18(26)16-6-3-13-27-16/h2-6,13H,7-12H2,1H3,(H,22,23). The first-order valence-electron chi connectivity index (χ1n) is 8.81. The SMILES string of the molecule is CN=C(NCCc1cccc(F)c1F)N1CCN(C(=O)c2ccco2)CC1. The minimum Gasteiger partial charge on any atom is -0.459 e. The Kier molecular flexibility index (Phi) is 6.05. The molecular formula is C19H22F2N4O2. The molecule has 0 spiro atoms. The second-order valence-electron chi connectivity index (χ2n) is 6.19. The number of benzene rings is 1. The Bertz CT molecular complexity index is 800. The lowest BCUT2D eigenvalue weighted by Gasteiger charge is -2.36. The van der Waals surface area contributed by atoms with E-state index in [1.54, 1.807) is 30.1 Å². The normalized spacial score (nSPS) is 15.1. The molecule has 0 bridgehead atoms. The Labute approximate surface area is 156 Å². The number of aliphatic imine (C=N–C) groups is 1. The average molecular weight is 376 g/mol. The molecule has 27 heavy (non-hydrogen) atoms. The van der Waals surface area contributed by atoms with Crippen molar-refractivity contribution in [2.24, 2.45) is 4.99 Å². The van der Waals surface area contributed by atoms with E-state index in [1.807, 2.05) is 4.90 Å². The Morgan fingerprint density at radius 1 is 1.15 bits per heavy atom. The van der Waals surface area contributed by atoms with Crippen molar-refractivity contribution < 1.29 is 18.0 Å². The molecule has 0 saturated carbocycles. The fraction of sp³-hybridized carbons (Fsp3) is 0.368. The maximum absolute atomic E-state index is 13.7. The molecule has 1 aromatic carbocycles. The molecule has 8 heteroatoms. The summed E-state index contributed by atoms with van der Waals surface area (Å²) in [6, 6.07) is 7.52. The number of carbonyl (C=O) groups excluding carboxylic acids is 1. The van der Waals surface area contributed by atoms with Crippen LogP contribution in [0.1, 0.15) is 16.1 Å². The van der Waals surface area contributed by atoms with Gasteiger partial charge < -0.3 is 19.5 Å². The number of furan rings is 1. The largest absolute Gasteiger partial charge is 0.459 e. The highest BCUT2D eigenvalue weighted by molar-refractivity contribution is 5.91. The third kappa shape index (κ3) is 4.45. The Morgan fingerprint density at radius 2 is 1.89 bits per heavy atom. The maximum atomic E-state index is 13.7. The van der Waals surface area contributed by atoms with E-state index in [0.29, 0.717) is 56.4 Å². The van der Waals surface area contributed by atoms with Crippen LogP contribution in [0.15, 0.2) is 46.0 Å². The van der Waals surface area contributed by atoms with Crippen molar-refractivity contribution in [2.75, 3.05) is 39.8 Å². The molecular weight excluding hydrogens is 354 g/mol. The number of piperazine rings is 1. The first-order chi connectivity index (χ1) is 13.1. The molecule has 144 valence electrons. The fourth-order valence-corrected chi connectivity index (χ4v) is 3.06. The lowest BCUT2D eigenvalue weighted by atomic mass is 10.1. The van der Waals surface area contributed by atoms with Gasteiger partial charge in [-0.1, -0.05) is 12.1 Å². The van der Waals surface area contributed by atoms with Crippen LogP contribution < -0.4 is 5.32 Å². The van der Waals surface area contributed by atoms with E-state index in [0.717, 1.165) is 6.07 Å². The molecule has 1 fully saturated rings. The number of hydrogen-bond donors (Lipinski definition) is 1. The highest BCUT2D eigenvalue weighted by Crippen LogP contribution is 2.12. The number of nitrogens with one attached hydrogen (secondary N) is 1. The predicted molar refractivity (Wildman–Crippen MR) is 97.6 cm³/mol. The molecule has 0 atom stereocenters. The van der Waals surface area contributed by atoms with E-state index in [9.17, 15) is 13.6 Å². The van der Waals surface area contributed by atoms with Gasteiger partial charge in [0.15, 0.2) is 23.4 Å². The highest BCUT2D eigenvalue weighted by atomic mass is 19.2. The quantitative estimate of drug-likeness (QED) is 0.656. The van der Waals surface area contributed by atoms with E-state index in [1.165, 1.54) is 12.3 Å². The number of nitrogens with zero attached hydrogens (tertiary/aromatic N) is 3. The summed E-state index contributed by atoms with van der Waals surface area (Å²) >= 11 is 0. The molecule has 6 nitrogen and oxygen atoms in total. The zero-order chi connectivity index (χ0) is 19.2.